The Balaban J connectivity index is 0.782. The van der Waals surface area contributed by atoms with Crippen LogP contribution in [0.4, 0.5) is 20.2 Å². The van der Waals surface area contributed by atoms with E-state index in [1.807, 2.05) is 17.0 Å². The van der Waals surface area contributed by atoms with Crippen molar-refractivity contribution in [3.63, 3.8) is 0 Å². The fraction of sp³-hybridized carbons (Fsp3) is 0.439. The molecule has 58 heavy (non-hydrogen) atoms. The van der Waals surface area contributed by atoms with Crippen LogP contribution in [0, 0.1) is 5.92 Å². The van der Waals surface area contributed by atoms with Crippen LogP contribution < -0.4 is 20.3 Å². The number of alkyl halides is 2. The van der Waals surface area contributed by atoms with Crippen molar-refractivity contribution in [3.05, 3.63) is 82.8 Å². The average Bonchev–Trinajstić information content (AvgIpc) is 3.90. The predicted molar refractivity (Wildman–Crippen MR) is 206 cm³/mol. The maximum atomic E-state index is 13.7. The van der Waals surface area contributed by atoms with E-state index in [0.717, 1.165) is 69.7 Å². The van der Waals surface area contributed by atoms with Gasteiger partial charge in [-0.25, -0.2) is 18.3 Å². The monoisotopic (exact) mass is 795 g/mol. The molecule has 4 aromatic rings. The van der Waals surface area contributed by atoms with Gasteiger partial charge in [0.15, 0.2) is 5.65 Å². The van der Waals surface area contributed by atoms with Gasteiger partial charge in [-0.05, 0) is 79.5 Å². The molecule has 17 heteroatoms. The van der Waals surface area contributed by atoms with Crippen LogP contribution in [0.1, 0.15) is 80.7 Å². The Morgan fingerprint density at radius 2 is 1.67 bits per heavy atom. The third-order valence-electron chi connectivity index (χ3n) is 12.2. The van der Waals surface area contributed by atoms with Gasteiger partial charge in [-0.1, -0.05) is 6.07 Å². The summed E-state index contributed by atoms with van der Waals surface area (Å²) in [6.45, 7) is 4.21. The lowest BCUT2D eigenvalue weighted by molar-refractivity contribution is -0.136. The van der Waals surface area contributed by atoms with Gasteiger partial charge in [-0.3, -0.25) is 29.3 Å². The van der Waals surface area contributed by atoms with Crippen LogP contribution in [0.15, 0.2) is 55.0 Å². The van der Waals surface area contributed by atoms with Crippen LogP contribution in [0.3, 0.4) is 0 Å². The molecule has 5 aliphatic rings. The molecule has 7 heterocycles. The van der Waals surface area contributed by atoms with Crippen LogP contribution in [0.2, 0.25) is 0 Å². The number of amides is 5. The Labute approximate surface area is 332 Å². The molecule has 2 aromatic carbocycles. The Morgan fingerprint density at radius 1 is 0.914 bits per heavy atom. The number of nitrogens with one attached hydrogen (secondary N) is 2. The van der Waals surface area contributed by atoms with Crippen molar-refractivity contribution in [2.45, 2.75) is 70.1 Å². The first-order valence-electron chi connectivity index (χ1n) is 19.8. The molecule has 302 valence electrons. The quantitative estimate of drug-likeness (QED) is 0.227. The zero-order valence-electron chi connectivity index (χ0n) is 31.7. The van der Waals surface area contributed by atoms with Crippen molar-refractivity contribution < 1.29 is 37.5 Å². The zero-order chi connectivity index (χ0) is 40.1. The van der Waals surface area contributed by atoms with Crippen molar-refractivity contribution in [3.8, 4) is 5.75 Å². The van der Waals surface area contributed by atoms with E-state index < -0.39 is 30.9 Å². The SMILES string of the molecule is O=C1CCC(N2Cc3ccc(N4CCC(CN5CCC(N6Cc7cc(NC(=O)c8cnn9cccnc89)c(OCC(F)F)cc7C6=O)CC5)CC4)cc3C2=O)C(=O)N1. The van der Waals surface area contributed by atoms with E-state index in [-0.39, 0.29) is 47.2 Å². The average molecular weight is 796 g/mol. The van der Waals surface area contributed by atoms with Crippen LogP contribution in [0.25, 0.3) is 5.65 Å². The van der Waals surface area contributed by atoms with Crippen LogP contribution in [-0.2, 0) is 22.7 Å². The third kappa shape index (κ3) is 7.22. The molecule has 3 fully saturated rings. The van der Waals surface area contributed by atoms with Gasteiger partial charge in [0.25, 0.3) is 24.1 Å². The molecule has 0 bridgehead atoms. The highest BCUT2D eigenvalue weighted by molar-refractivity contribution is 6.09. The smallest absolute Gasteiger partial charge is 0.272 e. The first kappa shape index (κ1) is 37.6. The molecular weight excluding hydrogens is 753 g/mol. The fourth-order valence-corrected chi connectivity index (χ4v) is 9.10. The topological polar surface area (TPSA) is 162 Å². The molecule has 0 radical (unpaired) electrons. The number of anilines is 2. The summed E-state index contributed by atoms with van der Waals surface area (Å²) >= 11 is 0. The van der Waals surface area contributed by atoms with Gasteiger partial charge in [0.1, 0.15) is 24.0 Å². The van der Waals surface area contributed by atoms with Crippen LogP contribution in [-0.4, -0.2) is 117 Å². The summed E-state index contributed by atoms with van der Waals surface area (Å²) in [6.07, 6.45) is 6.02. The number of ether oxygens (including phenoxy) is 1. The van der Waals surface area contributed by atoms with E-state index in [4.69, 9.17) is 4.74 Å². The number of aromatic nitrogens is 3. The summed E-state index contributed by atoms with van der Waals surface area (Å²) in [6, 6.07) is 10.1. The number of rotatable bonds is 10. The molecule has 3 saturated heterocycles. The molecule has 9 rings (SSSR count). The Morgan fingerprint density at radius 3 is 2.45 bits per heavy atom. The Bertz CT molecular complexity index is 2300. The van der Waals surface area contributed by atoms with Gasteiger partial charge in [-0.15, -0.1) is 0 Å². The van der Waals surface area contributed by atoms with Gasteiger partial charge in [0.2, 0.25) is 11.8 Å². The number of benzene rings is 2. The highest BCUT2D eigenvalue weighted by Crippen LogP contribution is 2.37. The normalized spacial score (nSPS) is 20.6. The van der Waals surface area contributed by atoms with Crippen LogP contribution >= 0.6 is 0 Å². The van der Waals surface area contributed by atoms with Crippen molar-refractivity contribution in [2.24, 2.45) is 5.92 Å². The summed E-state index contributed by atoms with van der Waals surface area (Å²) in [5.74, 6) is -1.08. The van der Waals surface area contributed by atoms with E-state index in [1.165, 1.54) is 16.8 Å². The molecule has 5 amide bonds. The lowest BCUT2D eigenvalue weighted by Crippen LogP contribution is -2.52. The number of nitrogens with zero attached hydrogens (tertiary/aromatic N) is 7. The number of piperidine rings is 3. The molecule has 0 aliphatic carbocycles. The summed E-state index contributed by atoms with van der Waals surface area (Å²) in [4.78, 5) is 76.9. The molecule has 0 saturated carbocycles. The second kappa shape index (κ2) is 15.4. The minimum Gasteiger partial charge on any atom is -0.485 e. The highest BCUT2D eigenvalue weighted by atomic mass is 19.3. The molecule has 2 N–H and O–H groups in total. The van der Waals surface area contributed by atoms with Gasteiger partial charge in [-0.2, -0.15) is 5.10 Å². The summed E-state index contributed by atoms with van der Waals surface area (Å²) in [7, 11) is 0. The van der Waals surface area contributed by atoms with Gasteiger partial charge < -0.3 is 29.7 Å². The third-order valence-corrected chi connectivity index (χ3v) is 12.2. The number of imide groups is 1. The number of likely N-dealkylation sites (tertiary alicyclic amines) is 1. The summed E-state index contributed by atoms with van der Waals surface area (Å²) < 4.78 is 33.3. The minimum atomic E-state index is -2.75. The maximum absolute atomic E-state index is 13.7. The summed E-state index contributed by atoms with van der Waals surface area (Å²) in [5, 5.41) is 9.28. The Kier molecular flexibility index (Phi) is 9.99. The predicted octanol–water partition coefficient (Wildman–Crippen LogP) is 3.72. The molecule has 0 spiro atoms. The standard InChI is InChI=1S/C41H43F2N9O6/c42-35(43)23-58-34-18-30-26(16-32(34)46-38(54)31-19-45-52-11-1-10-44-37(31)52)22-50(40(30)56)27-8-12-48(13-9-27)20-24-6-14-49(15-7-24)28-3-2-25-21-51(41(57)29(25)17-28)33-4-5-36(53)47-39(33)55/h1-3,10-11,16-19,24,27,33,35H,4-9,12-15,20-23H2,(H,46,54)(H,47,53,55). The number of hydrogen-bond donors (Lipinski definition) is 2. The van der Waals surface area contributed by atoms with E-state index in [1.54, 1.807) is 29.4 Å². The number of carbonyl (C=O) groups excluding carboxylic acids is 5. The number of hydrogen-bond acceptors (Lipinski definition) is 10. The number of carbonyl (C=O) groups is 5. The van der Waals surface area contributed by atoms with E-state index in [9.17, 15) is 32.8 Å². The number of fused-ring (bicyclic) bond motifs is 3. The second-order valence-electron chi connectivity index (χ2n) is 15.7. The van der Waals surface area contributed by atoms with Gasteiger partial charge in [0, 0.05) is 87.5 Å². The van der Waals surface area contributed by atoms with Crippen molar-refractivity contribution in [1.82, 2.24) is 34.6 Å². The molecule has 1 unspecified atom stereocenters. The summed E-state index contributed by atoms with van der Waals surface area (Å²) in [5.41, 5.74) is 4.32. The minimum absolute atomic E-state index is 0.00557. The molecule has 15 nitrogen and oxygen atoms in total. The van der Waals surface area contributed by atoms with Crippen molar-refractivity contribution >= 4 is 46.6 Å². The number of halogens is 2. The van der Waals surface area contributed by atoms with Crippen molar-refractivity contribution in [2.75, 3.05) is 49.5 Å². The lowest BCUT2D eigenvalue weighted by Gasteiger charge is -2.40. The molecule has 1 atom stereocenters. The maximum Gasteiger partial charge on any atom is 0.272 e. The highest BCUT2D eigenvalue weighted by Gasteiger charge is 2.40. The molecule has 2 aromatic heterocycles. The van der Waals surface area contributed by atoms with Gasteiger partial charge >= 0.3 is 0 Å². The van der Waals surface area contributed by atoms with E-state index in [2.05, 4.69) is 36.6 Å². The first-order chi connectivity index (χ1) is 28.1. The molecular formula is C41H43F2N9O6. The molecule has 5 aliphatic heterocycles. The van der Waals surface area contributed by atoms with E-state index in [0.29, 0.717) is 47.8 Å². The van der Waals surface area contributed by atoms with Gasteiger partial charge in [0.05, 0.1) is 11.9 Å². The lowest BCUT2D eigenvalue weighted by atomic mass is 9.94. The largest absolute Gasteiger partial charge is 0.485 e. The van der Waals surface area contributed by atoms with E-state index >= 15 is 0 Å². The van der Waals surface area contributed by atoms with Crippen molar-refractivity contribution in [1.29, 1.82) is 0 Å². The first-order valence-corrected chi connectivity index (χ1v) is 19.8. The second-order valence-corrected chi connectivity index (χ2v) is 15.7. The fourth-order valence-electron chi connectivity index (χ4n) is 9.10. The van der Waals surface area contributed by atoms with Crippen LogP contribution in [0.5, 0.6) is 5.75 Å². The Hall–Kier alpha value is -5.97. The zero-order valence-corrected chi connectivity index (χ0v) is 31.7.